The number of hydrogen-bond acceptors (Lipinski definition) is 4. The van der Waals surface area contributed by atoms with Gasteiger partial charge >= 0.3 is 0 Å². The topological polar surface area (TPSA) is 66.0 Å². The molecule has 0 bridgehead atoms. The zero-order valence-electron chi connectivity index (χ0n) is 12.4. The first-order valence-electron chi connectivity index (χ1n) is 7.65. The monoisotopic (exact) mass is 286 g/mol. The van der Waals surface area contributed by atoms with Crippen molar-refractivity contribution in [3.05, 3.63) is 41.7 Å². The molecular weight excluding hydrogens is 264 g/mol. The van der Waals surface area contributed by atoms with Crippen molar-refractivity contribution < 1.29 is 4.74 Å². The second-order valence-corrected chi connectivity index (χ2v) is 5.63. The standard InChI is InChI=1S/C16H22N4O/c1-2-5-14(17)15-11-20(19-18-15)10-12-8-9-21-16-7-4-3-6-13(12)16/h3-4,6-7,11-12,14H,2,5,8-10,17H2,1H3. The van der Waals surface area contributed by atoms with Crippen LogP contribution in [-0.2, 0) is 6.54 Å². The lowest BCUT2D eigenvalue weighted by Gasteiger charge is -2.25. The third kappa shape index (κ3) is 3.08. The summed E-state index contributed by atoms with van der Waals surface area (Å²) in [5.41, 5.74) is 8.24. The highest BCUT2D eigenvalue weighted by Crippen LogP contribution is 2.34. The minimum Gasteiger partial charge on any atom is -0.493 e. The molecule has 0 amide bonds. The normalized spacial score (nSPS) is 18.9. The van der Waals surface area contributed by atoms with Gasteiger partial charge in [-0.05, 0) is 24.5 Å². The lowest BCUT2D eigenvalue weighted by Crippen LogP contribution is -2.19. The molecule has 2 N–H and O–H groups in total. The van der Waals surface area contributed by atoms with Crippen molar-refractivity contribution in [1.82, 2.24) is 15.0 Å². The summed E-state index contributed by atoms with van der Waals surface area (Å²) in [7, 11) is 0. The highest BCUT2D eigenvalue weighted by molar-refractivity contribution is 5.37. The first kappa shape index (κ1) is 14.1. The van der Waals surface area contributed by atoms with Crippen molar-refractivity contribution in [1.29, 1.82) is 0 Å². The van der Waals surface area contributed by atoms with Crippen LogP contribution in [0.15, 0.2) is 30.5 Å². The fourth-order valence-corrected chi connectivity index (χ4v) is 2.86. The number of ether oxygens (including phenoxy) is 1. The van der Waals surface area contributed by atoms with E-state index in [2.05, 4.69) is 29.4 Å². The van der Waals surface area contributed by atoms with Crippen molar-refractivity contribution in [2.24, 2.45) is 5.73 Å². The Morgan fingerprint density at radius 3 is 3.14 bits per heavy atom. The third-order valence-electron chi connectivity index (χ3n) is 4.03. The zero-order valence-corrected chi connectivity index (χ0v) is 12.4. The molecule has 0 radical (unpaired) electrons. The lowest BCUT2D eigenvalue weighted by molar-refractivity contribution is 0.256. The molecule has 2 heterocycles. The van der Waals surface area contributed by atoms with E-state index in [0.29, 0.717) is 5.92 Å². The fourth-order valence-electron chi connectivity index (χ4n) is 2.86. The molecule has 1 aromatic carbocycles. The molecule has 2 atom stereocenters. The van der Waals surface area contributed by atoms with Crippen molar-refractivity contribution in [3.8, 4) is 5.75 Å². The van der Waals surface area contributed by atoms with E-state index in [0.717, 1.165) is 43.9 Å². The Hall–Kier alpha value is -1.88. The molecule has 0 saturated carbocycles. The van der Waals surface area contributed by atoms with Crippen LogP contribution in [0.2, 0.25) is 0 Å². The van der Waals surface area contributed by atoms with Crippen LogP contribution >= 0.6 is 0 Å². The van der Waals surface area contributed by atoms with E-state index in [-0.39, 0.29) is 6.04 Å². The largest absolute Gasteiger partial charge is 0.493 e. The molecule has 0 fully saturated rings. The number of hydrogen-bond donors (Lipinski definition) is 1. The Balaban J connectivity index is 1.73. The summed E-state index contributed by atoms with van der Waals surface area (Å²) in [6, 6.07) is 8.24. The van der Waals surface area contributed by atoms with Crippen LogP contribution in [0, 0.1) is 0 Å². The van der Waals surface area contributed by atoms with E-state index < -0.39 is 0 Å². The third-order valence-corrected chi connectivity index (χ3v) is 4.03. The number of benzene rings is 1. The number of nitrogens with two attached hydrogens (primary N) is 1. The van der Waals surface area contributed by atoms with Gasteiger partial charge in [-0.1, -0.05) is 36.8 Å². The van der Waals surface area contributed by atoms with Crippen LogP contribution < -0.4 is 10.5 Å². The first-order valence-corrected chi connectivity index (χ1v) is 7.65. The van der Waals surface area contributed by atoms with Gasteiger partial charge in [-0.15, -0.1) is 5.10 Å². The molecule has 0 spiro atoms. The van der Waals surface area contributed by atoms with Crippen LogP contribution in [-0.4, -0.2) is 21.6 Å². The Morgan fingerprint density at radius 2 is 2.29 bits per heavy atom. The van der Waals surface area contributed by atoms with E-state index in [1.54, 1.807) is 0 Å². The van der Waals surface area contributed by atoms with Crippen LogP contribution in [0.1, 0.15) is 49.4 Å². The maximum Gasteiger partial charge on any atom is 0.122 e. The predicted octanol–water partition coefficient (Wildman–Crippen LogP) is 2.64. The van der Waals surface area contributed by atoms with Gasteiger partial charge in [0.25, 0.3) is 0 Å². The van der Waals surface area contributed by atoms with Gasteiger partial charge in [0.15, 0.2) is 0 Å². The Bertz CT molecular complexity index is 595. The maximum absolute atomic E-state index is 6.09. The average Bonchev–Trinajstić information content (AvgIpc) is 2.97. The minimum absolute atomic E-state index is 0.00859. The quantitative estimate of drug-likeness (QED) is 0.917. The van der Waals surface area contributed by atoms with Gasteiger partial charge in [-0.3, -0.25) is 4.68 Å². The molecule has 1 aromatic heterocycles. The first-order chi connectivity index (χ1) is 10.3. The second-order valence-electron chi connectivity index (χ2n) is 5.63. The highest BCUT2D eigenvalue weighted by Gasteiger charge is 2.22. The maximum atomic E-state index is 6.09. The van der Waals surface area contributed by atoms with Crippen LogP contribution in [0.3, 0.4) is 0 Å². The fraction of sp³-hybridized carbons (Fsp3) is 0.500. The van der Waals surface area contributed by atoms with Crippen LogP contribution in [0.25, 0.3) is 0 Å². The number of rotatable bonds is 5. The Kier molecular flexibility index (Phi) is 4.20. The number of nitrogens with zero attached hydrogens (tertiary/aromatic N) is 3. The van der Waals surface area contributed by atoms with Crippen molar-refractivity contribution in [2.45, 2.75) is 44.7 Å². The van der Waals surface area contributed by atoms with Crippen molar-refractivity contribution in [2.75, 3.05) is 6.61 Å². The summed E-state index contributed by atoms with van der Waals surface area (Å²) in [4.78, 5) is 0. The van der Waals surface area contributed by atoms with Gasteiger partial charge < -0.3 is 10.5 Å². The summed E-state index contributed by atoms with van der Waals surface area (Å²) in [6.07, 6.45) is 4.99. The SMILES string of the molecule is CCCC(N)c1cn(CC2CCOc3ccccc32)nn1. The van der Waals surface area contributed by atoms with Crippen molar-refractivity contribution >= 4 is 0 Å². The zero-order chi connectivity index (χ0) is 14.7. The summed E-state index contributed by atoms with van der Waals surface area (Å²) < 4.78 is 7.62. The molecule has 0 aliphatic carbocycles. The van der Waals surface area contributed by atoms with Crippen LogP contribution in [0.4, 0.5) is 0 Å². The highest BCUT2D eigenvalue weighted by atomic mass is 16.5. The van der Waals surface area contributed by atoms with E-state index in [1.165, 1.54) is 5.56 Å². The van der Waals surface area contributed by atoms with Gasteiger partial charge in [0, 0.05) is 12.5 Å². The van der Waals surface area contributed by atoms with E-state index >= 15 is 0 Å². The summed E-state index contributed by atoms with van der Waals surface area (Å²) in [6.45, 7) is 3.72. The smallest absolute Gasteiger partial charge is 0.122 e. The van der Waals surface area contributed by atoms with E-state index in [9.17, 15) is 0 Å². The molecule has 5 heteroatoms. The van der Waals surface area contributed by atoms with Gasteiger partial charge in [-0.2, -0.15) is 0 Å². The van der Waals surface area contributed by atoms with Gasteiger partial charge in [-0.25, -0.2) is 0 Å². The number of aromatic nitrogens is 3. The molecule has 2 aromatic rings. The summed E-state index contributed by atoms with van der Waals surface area (Å²) >= 11 is 0. The molecule has 1 aliphatic rings. The number of para-hydroxylation sites is 1. The molecular formula is C16H22N4O. The molecule has 21 heavy (non-hydrogen) atoms. The molecule has 2 unspecified atom stereocenters. The molecule has 5 nitrogen and oxygen atoms in total. The van der Waals surface area contributed by atoms with Crippen molar-refractivity contribution in [3.63, 3.8) is 0 Å². The average molecular weight is 286 g/mol. The van der Waals surface area contributed by atoms with Gasteiger partial charge in [0.05, 0.1) is 24.5 Å². The molecule has 3 rings (SSSR count). The molecule has 0 saturated heterocycles. The Labute approximate surface area is 125 Å². The minimum atomic E-state index is -0.00859. The lowest BCUT2D eigenvalue weighted by atomic mass is 9.93. The molecule has 1 aliphatic heterocycles. The van der Waals surface area contributed by atoms with E-state index in [1.807, 2.05) is 23.0 Å². The van der Waals surface area contributed by atoms with Crippen LogP contribution in [0.5, 0.6) is 5.75 Å². The van der Waals surface area contributed by atoms with Gasteiger partial charge in [0.2, 0.25) is 0 Å². The Morgan fingerprint density at radius 1 is 1.43 bits per heavy atom. The van der Waals surface area contributed by atoms with E-state index in [4.69, 9.17) is 10.5 Å². The predicted molar refractivity (Wildman–Crippen MR) is 81.2 cm³/mol. The summed E-state index contributed by atoms with van der Waals surface area (Å²) in [5.74, 6) is 1.42. The second kappa shape index (κ2) is 6.26. The summed E-state index contributed by atoms with van der Waals surface area (Å²) in [5, 5.41) is 8.45. The number of fused-ring (bicyclic) bond motifs is 1. The molecule has 112 valence electrons. The van der Waals surface area contributed by atoms with Gasteiger partial charge in [0.1, 0.15) is 5.75 Å².